The first-order chi connectivity index (χ1) is 14.0. The number of carbonyl (C=O) groups is 2. The molecule has 0 bridgehead atoms. The molecule has 1 aromatic carbocycles. The molecule has 0 spiro atoms. The molecule has 2 N–H and O–H groups in total. The maximum Gasteiger partial charge on any atom is 0.338 e. The molecule has 1 aromatic heterocycles. The van der Waals surface area contributed by atoms with E-state index in [9.17, 15) is 9.59 Å². The fraction of sp³-hybridized carbons (Fsp3) is 0.455. The van der Waals surface area contributed by atoms with E-state index in [0.29, 0.717) is 17.8 Å². The molecule has 2 heterocycles. The van der Waals surface area contributed by atoms with Gasteiger partial charge in [0.1, 0.15) is 19.2 Å². The first-order valence-electron chi connectivity index (χ1n) is 10.1. The summed E-state index contributed by atoms with van der Waals surface area (Å²) in [6.45, 7) is 6.45. The molecule has 7 heteroatoms. The van der Waals surface area contributed by atoms with Crippen molar-refractivity contribution in [1.82, 2.24) is 0 Å². The Labute approximate surface area is 175 Å². The Kier molecular flexibility index (Phi) is 7.80. The number of hydrogen-bond donors (Lipinski definition) is 2. The minimum atomic E-state index is -0.360. The molecular weight excluding hydrogens is 388 g/mol. The summed E-state index contributed by atoms with van der Waals surface area (Å²) in [5.74, 6) is -0.409. The smallest absolute Gasteiger partial charge is 0.338 e. The fourth-order valence-corrected chi connectivity index (χ4v) is 4.17. The van der Waals surface area contributed by atoms with E-state index in [2.05, 4.69) is 16.8 Å². The molecule has 1 saturated heterocycles. The zero-order valence-corrected chi connectivity index (χ0v) is 17.8. The Balaban J connectivity index is 1.56. The number of anilines is 1. The topological polar surface area (TPSA) is 69.1 Å². The Morgan fingerprint density at radius 2 is 2.07 bits per heavy atom. The third kappa shape index (κ3) is 6.96. The van der Waals surface area contributed by atoms with Crippen LogP contribution in [0, 0.1) is 0 Å². The molecule has 0 saturated carbocycles. The molecule has 1 aliphatic rings. The second-order valence-corrected chi connectivity index (χ2v) is 8.63. The highest BCUT2D eigenvalue weighted by Gasteiger charge is 2.24. The molecule has 2 aromatic rings. The van der Waals surface area contributed by atoms with Crippen molar-refractivity contribution in [3.63, 3.8) is 0 Å². The Bertz CT molecular complexity index is 784. The predicted octanol–water partition coefficient (Wildman–Crippen LogP) is 2.52. The number of carbonyl (C=O) groups excluding carboxylic acids is 2. The molecule has 1 fully saturated rings. The van der Waals surface area contributed by atoms with Gasteiger partial charge < -0.3 is 19.7 Å². The number of amides is 1. The number of ether oxygens (including phenoxy) is 2. The van der Waals surface area contributed by atoms with Crippen molar-refractivity contribution in [2.45, 2.75) is 45.4 Å². The minimum Gasteiger partial charge on any atom is -0.459 e. The summed E-state index contributed by atoms with van der Waals surface area (Å²) in [5, 5.41) is 4.99. The second-order valence-electron chi connectivity index (χ2n) is 7.60. The zero-order valence-electron chi connectivity index (χ0n) is 17.0. The lowest BCUT2D eigenvalue weighted by atomic mass is 10.2. The Morgan fingerprint density at radius 3 is 2.69 bits per heavy atom. The van der Waals surface area contributed by atoms with Crippen molar-refractivity contribution in [1.29, 1.82) is 0 Å². The molecule has 3 rings (SSSR count). The number of benzene rings is 1. The maximum absolute atomic E-state index is 12.6. The van der Waals surface area contributed by atoms with E-state index in [-0.39, 0.29) is 24.1 Å². The van der Waals surface area contributed by atoms with Crippen LogP contribution in [0.1, 0.15) is 41.9 Å². The van der Waals surface area contributed by atoms with E-state index < -0.39 is 0 Å². The molecule has 1 amide bonds. The van der Waals surface area contributed by atoms with Gasteiger partial charge >= 0.3 is 5.97 Å². The van der Waals surface area contributed by atoms with E-state index in [1.54, 1.807) is 35.6 Å². The average molecular weight is 418 g/mol. The molecule has 0 radical (unpaired) electrons. The van der Waals surface area contributed by atoms with Crippen LogP contribution in [0.25, 0.3) is 0 Å². The van der Waals surface area contributed by atoms with Crippen LogP contribution in [0.3, 0.4) is 0 Å². The SMILES string of the molecule is CC(C)OC(=O)c1ccc(NC(=O)C[NH+](Cc2cccs2)C[C@@H]2CCCO2)cc1. The lowest BCUT2D eigenvalue weighted by molar-refractivity contribution is -0.908. The van der Waals surface area contributed by atoms with Gasteiger partial charge in [0.15, 0.2) is 6.54 Å². The zero-order chi connectivity index (χ0) is 20.6. The van der Waals surface area contributed by atoms with Crippen LogP contribution in [0.15, 0.2) is 41.8 Å². The predicted molar refractivity (Wildman–Crippen MR) is 113 cm³/mol. The van der Waals surface area contributed by atoms with Gasteiger partial charge in [0.2, 0.25) is 0 Å². The van der Waals surface area contributed by atoms with Crippen LogP contribution in [-0.4, -0.2) is 43.8 Å². The quantitative estimate of drug-likeness (QED) is 0.615. The summed E-state index contributed by atoms with van der Waals surface area (Å²) in [6.07, 6.45) is 2.21. The summed E-state index contributed by atoms with van der Waals surface area (Å²) >= 11 is 1.71. The maximum atomic E-state index is 12.6. The number of hydrogen-bond acceptors (Lipinski definition) is 5. The highest BCUT2D eigenvalue weighted by atomic mass is 32.1. The molecule has 29 heavy (non-hydrogen) atoms. The van der Waals surface area contributed by atoms with E-state index in [4.69, 9.17) is 9.47 Å². The van der Waals surface area contributed by atoms with E-state index in [1.807, 2.05) is 19.9 Å². The number of esters is 1. The van der Waals surface area contributed by atoms with Gasteiger partial charge in [0.25, 0.3) is 5.91 Å². The molecule has 156 valence electrons. The molecule has 6 nitrogen and oxygen atoms in total. The second kappa shape index (κ2) is 10.5. The molecule has 2 atom stereocenters. The van der Waals surface area contributed by atoms with Crippen molar-refractivity contribution in [2.75, 3.05) is 25.0 Å². The van der Waals surface area contributed by atoms with E-state index in [1.165, 1.54) is 9.78 Å². The molecule has 0 aliphatic carbocycles. The van der Waals surface area contributed by atoms with Crippen LogP contribution in [-0.2, 0) is 20.8 Å². The van der Waals surface area contributed by atoms with Crippen molar-refractivity contribution < 1.29 is 24.0 Å². The monoisotopic (exact) mass is 417 g/mol. The van der Waals surface area contributed by atoms with Crippen LogP contribution in [0.2, 0.25) is 0 Å². The van der Waals surface area contributed by atoms with Gasteiger partial charge in [0, 0.05) is 12.3 Å². The van der Waals surface area contributed by atoms with Gasteiger partial charge in [-0.15, -0.1) is 11.3 Å². The number of rotatable bonds is 9. The molecule has 1 aliphatic heterocycles. The fourth-order valence-electron chi connectivity index (χ4n) is 3.40. The largest absolute Gasteiger partial charge is 0.459 e. The molecule has 1 unspecified atom stereocenters. The summed E-state index contributed by atoms with van der Waals surface area (Å²) in [6, 6.07) is 10.9. The summed E-state index contributed by atoms with van der Waals surface area (Å²) in [5.41, 5.74) is 1.14. The van der Waals surface area contributed by atoms with Crippen LogP contribution in [0.5, 0.6) is 0 Å². The Morgan fingerprint density at radius 1 is 1.28 bits per heavy atom. The highest BCUT2D eigenvalue weighted by Crippen LogP contribution is 2.12. The summed E-state index contributed by atoms with van der Waals surface area (Å²) in [4.78, 5) is 27.0. The number of nitrogens with one attached hydrogen (secondary N) is 2. The Hall–Kier alpha value is -2.22. The molecular formula is C22H29N2O4S+. The van der Waals surface area contributed by atoms with Gasteiger partial charge in [0.05, 0.1) is 16.5 Å². The standard InChI is InChI=1S/C22H28N2O4S/c1-16(2)28-22(26)17-7-9-18(10-8-17)23-21(25)15-24(13-19-5-3-11-27-19)14-20-6-4-12-29-20/h4,6-10,12,16,19H,3,5,11,13-15H2,1-2H3,(H,23,25)/p+1/t19-/m0/s1. The van der Waals surface area contributed by atoms with E-state index in [0.717, 1.165) is 32.5 Å². The van der Waals surface area contributed by atoms with Crippen molar-refractivity contribution >= 4 is 28.9 Å². The van der Waals surface area contributed by atoms with Gasteiger partial charge in [-0.05, 0) is 62.4 Å². The van der Waals surface area contributed by atoms with Crippen LogP contribution in [0.4, 0.5) is 5.69 Å². The van der Waals surface area contributed by atoms with Crippen LogP contribution < -0.4 is 10.2 Å². The number of quaternary nitrogens is 1. The van der Waals surface area contributed by atoms with Gasteiger partial charge in [-0.1, -0.05) is 6.07 Å². The lowest BCUT2D eigenvalue weighted by Gasteiger charge is -2.21. The first kappa shape index (κ1) is 21.5. The lowest BCUT2D eigenvalue weighted by Crippen LogP contribution is -3.12. The van der Waals surface area contributed by atoms with Gasteiger partial charge in [-0.3, -0.25) is 4.79 Å². The average Bonchev–Trinajstić information content (AvgIpc) is 3.36. The first-order valence-corrected chi connectivity index (χ1v) is 11.0. The summed E-state index contributed by atoms with van der Waals surface area (Å²) < 4.78 is 11.0. The van der Waals surface area contributed by atoms with Gasteiger partial charge in [-0.25, -0.2) is 4.79 Å². The third-order valence-electron chi connectivity index (χ3n) is 4.70. The highest BCUT2D eigenvalue weighted by molar-refractivity contribution is 7.09. The summed E-state index contributed by atoms with van der Waals surface area (Å²) in [7, 11) is 0. The van der Waals surface area contributed by atoms with Crippen LogP contribution >= 0.6 is 11.3 Å². The third-order valence-corrected chi connectivity index (χ3v) is 5.58. The van der Waals surface area contributed by atoms with Crippen molar-refractivity contribution in [3.8, 4) is 0 Å². The van der Waals surface area contributed by atoms with Crippen molar-refractivity contribution in [3.05, 3.63) is 52.2 Å². The number of thiophene rings is 1. The normalized spacial score (nSPS) is 17.3. The van der Waals surface area contributed by atoms with E-state index >= 15 is 0 Å². The van der Waals surface area contributed by atoms with Gasteiger partial charge in [-0.2, -0.15) is 0 Å². The van der Waals surface area contributed by atoms with Crippen molar-refractivity contribution in [2.24, 2.45) is 0 Å². The minimum absolute atomic E-state index is 0.0490.